The molecule has 0 bridgehead atoms. The summed E-state index contributed by atoms with van der Waals surface area (Å²) < 4.78 is 11.3. The van der Waals surface area contributed by atoms with E-state index in [2.05, 4.69) is 19.0 Å². The largest absolute Gasteiger partial charge is 0.259 e. The first-order valence-corrected chi connectivity index (χ1v) is 4.66. The Morgan fingerprint density at radius 2 is 2.00 bits per heavy atom. The van der Waals surface area contributed by atoms with Gasteiger partial charge in [0.15, 0.2) is 0 Å². The zero-order chi connectivity index (χ0) is 8.20. The van der Waals surface area contributed by atoms with Gasteiger partial charge in [-0.3, -0.25) is 4.21 Å². The van der Waals surface area contributed by atoms with E-state index in [0.29, 0.717) is 4.91 Å². The van der Waals surface area contributed by atoms with Gasteiger partial charge in [0.1, 0.15) is 0 Å². The van der Waals surface area contributed by atoms with Gasteiger partial charge in [-0.25, -0.2) is 0 Å². The Balaban J connectivity index is 4.99. The van der Waals surface area contributed by atoms with Crippen LogP contribution in [0.2, 0.25) is 0 Å². The van der Waals surface area contributed by atoms with Crippen LogP contribution in [0.5, 0.6) is 0 Å². The maximum atomic E-state index is 11.3. The number of hydrogen-bond donors (Lipinski definition) is 0. The summed E-state index contributed by atoms with van der Waals surface area (Å²) >= 11 is 0. The number of hydrogen-bond acceptors (Lipinski definition) is 1. The molecule has 0 aliphatic carbocycles. The summed E-state index contributed by atoms with van der Waals surface area (Å²) in [6, 6.07) is 0. The van der Waals surface area contributed by atoms with Gasteiger partial charge in [-0.2, -0.15) is 0 Å². The van der Waals surface area contributed by atoms with E-state index in [4.69, 9.17) is 0 Å². The van der Waals surface area contributed by atoms with Crippen molar-refractivity contribution in [2.75, 3.05) is 0 Å². The minimum Gasteiger partial charge on any atom is -0.259 e. The zero-order valence-electron chi connectivity index (χ0n) is 6.17. The molecule has 1 nitrogen and oxygen atoms in total. The molecule has 0 fully saturated rings. The van der Waals surface area contributed by atoms with Crippen LogP contribution in [0.3, 0.4) is 0 Å². The third-order valence-electron chi connectivity index (χ3n) is 1.15. The van der Waals surface area contributed by atoms with Gasteiger partial charge in [-0.15, -0.1) is 0 Å². The maximum Gasteiger partial charge on any atom is 0.0295 e. The van der Waals surface area contributed by atoms with Crippen molar-refractivity contribution in [2.24, 2.45) is 0 Å². The third-order valence-corrected chi connectivity index (χ3v) is 2.89. The lowest BCUT2D eigenvalue weighted by atomic mass is 10.5. The quantitative estimate of drug-likeness (QED) is 0.451. The summed E-state index contributed by atoms with van der Waals surface area (Å²) in [6.07, 6.45) is 3.26. The van der Waals surface area contributed by atoms with Crippen LogP contribution < -0.4 is 0 Å². The Labute approximate surface area is 62.8 Å². The number of rotatable bonds is 3. The van der Waals surface area contributed by atoms with E-state index in [9.17, 15) is 4.21 Å². The highest BCUT2D eigenvalue weighted by Gasteiger charge is 1.99. The molecule has 0 N–H and O–H groups in total. The van der Waals surface area contributed by atoms with Crippen LogP contribution in [0.4, 0.5) is 0 Å². The molecule has 0 amide bonds. The molecular weight excluding hydrogens is 144 g/mol. The van der Waals surface area contributed by atoms with Crippen LogP contribution in [-0.4, -0.2) is 10.1 Å². The first kappa shape index (κ1) is 9.24. The van der Waals surface area contributed by atoms with E-state index >= 15 is 0 Å². The Morgan fingerprint density at radius 1 is 1.50 bits per heavy atom. The molecule has 0 aromatic heterocycles. The highest BCUT2D eigenvalue weighted by molar-refractivity contribution is 8.06. The predicted molar refractivity (Wildman–Crippen MR) is 49.4 cm³/mol. The molecule has 2 heteroatoms. The molecule has 56 valence electrons. The van der Waals surface area contributed by atoms with Gasteiger partial charge < -0.3 is 0 Å². The SMILES string of the molecule is C=C/C(=C\C)S(=C)(=O)C=C. The average Bonchev–Trinajstić information content (AvgIpc) is 1.90. The normalized spacial score (nSPS) is 17.5. The second-order valence-electron chi connectivity index (χ2n) is 1.79. The van der Waals surface area contributed by atoms with E-state index < -0.39 is 9.52 Å². The molecule has 10 heavy (non-hydrogen) atoms. The first-order chi connectivity index (χ1) is 4.58. The molecule has 0 heterocycles. The van der Waals surface area contributed by atoms with E-state index in [0.717, 1.165) is 0 Å². The van der Waals surface area contributed by atoms with Crippen molar-refractivity contribution >= 4 is 15.4 Å². The van der Waals surface area contributed by atoms with Gasteiger partial charge in [-0.1, -0.05) is 25.3 Å². The highest BCUT2D eigenvalue weighted by atomic mass is 32.2. The summed E-state index contributed by atoms with van der Waals surface area (Å²) in [5, 5.41) is 1.35. The van der Waals surface area contributed by atoms with Gasteiger partial charge in [0.2, 0.25) is 0 Å². The Kier molecular flexibility index (Phi) is 3.16. The summed E-state index contributed by atoms with van der Waals surface area (Å²) in [7, 11) is -2.25. The van der Waals surface area contributed by atoms with Crippen LogP contribution in [0.25, 0.3) is 0 Å². The monoisotopic (exact) mass is 156 g/mol. The van der Waals surface area contributed by atoms with Crippen molar-refractivity contribution in [1.29, 1.82) is 0 Å². The molecule has 0 saturated heterocycles. The van der Waals surface area contributed by atoms with E-state index in [1.807, 2.05) is 0 Å². The Hall–Kier alpha value is -0.760. The van der Waals surface area contributed by atoms with Gasteiger partial charge in [0.05, 0.1) is 0 Å². The lowest BCUT2D eigenvalue weighted by Crippen LogP contribution is -1.94. The molecule has 1 unspecified atom stereocenters. The fourth-order valence-electron chi connectivity index (χ4n) is 0.555. The second-order valence-corrected chi connectivity index (χ2v) is 4.05. The molecule has 0 rings (SSSR count). The topological polar surface area (TPSA) is 17.1 Å². The lowest BCUT2D eigenvalue weighted by Gasteiger charge is -2.01. The third kappa shape index (κ3) is 1.88. The minimum atomic E-state index is -2.25. The zero-order valence-corrected chi connectivity index (χ0v) is 6.99. The molecule has 0 aliphatic heterocycles. The fraction of sp³-hybridized carbons (Fsp3) is 0.125. The summed E-state index contributed by atoms with van der Waals surface area (Å²) in [4.78, 5) is 0.641. The van der Waals surface area contributed by atoms with Crippen molar-refractivity contribution < 1.29 is 4.21 Å². The molecule has 0 spiro atoms. The van der Waals surface area contributed by atoms with Crippen molar-refractivity contribution in [3.8, 4) is 0 Å². The van der Waals surface area contributed by atoms with Crippen LogP contribution in [-0.2, 0) is 9.52 Å². The molecule has 1 atom stereocenters. The van der Waals surface area contributed by atoms with Gasteiger partial charge in [-0.05, 0) is 18.2 Å². The van der Waals surface area contributed by atoms with E-state index in [1.54, 1.807) is 13.0 Å². The highest BCUT2D eigenvalue weighted by Crippen LogP contribution is 2.08. The van der Waals surface area contributed by atoms with Gasteiger partial charge in [0.25, 0.3) is 0 Å². The predicted octanol–water partition coefficient (Wildman–Crippen LogP) is 1.94. The Morgan fingerprint density at radius 3 is 2.10 bits per heavy atom. The van der Waals surface area contributed by atoms with E-state index in [-0.39, 0.29) is 0 Å². The molecule has 0 aliphatic rings. The average molecular weight is 156 g/mol. The molecule has 0 aromatic rings. The standard InChI is InChI=1S/C8H12OS/c1-5-8(6-2)10(4,9)7-3/h5-7H,1,3-4H2,2H3/b8-6+. The lowest BCUT2D eigenvalue weighted by molar-refractivity contribution is 0.690. The molecule has 0 aromatic carbocycles. The summed E-state index contributed by atoms with van der Waals surface area (Å²) in [6.45, 7) is 8.73. The van der Waals surface area contributed by atoms with Crippen molar-refractivity contribution in [3.63, 3.8) is 0 Å². The first-order valence-electron chi connectivity index (χ1n) is 2.87. The second kappa shape index (κ2) is 3.42. The van der Waals surface area contributed by atoms with Crippen LogP contribution >= 0.6 is 0 Å². The van der Waals surface area contributed by atoms with Gasteiger partial charge >= 0.3 is 0 Å². The summed E-state index contributed by atoms with van der Waals surface area (Å²) in [5.74, 6) is 3.50. The Bertz CT molecular complexity index is 255. The van der Waals surface area contributed by atoms with E-state index in [1.165, 1.54) is 11.5 Å². The molecule has 0 radical (unpaired) electrons. The maximum absolute atomic E-state index is 11.3. The minimum absolute atomic E-state index is 0.641. The van der Waals surface area contributed by atoms with Crippen molar-refractivity contribution in [1.82, 2.24) is 0 Å². The van der Waals surface area contributed by atoms with Crippen molar-refractivity contribution in [2.45, 2.75) is 6.92 Å². The van der Waals surface area contributed by atoms with Crippen LogP contribution in [0.15, 0.2) is 35.6 Å². The van der Waals surface area contributed by atoms with Crippen LogP contribution in [0, 0.1) is 0 Å². The van der Waals surface area contributed by atoms with Crippen molar-refractivity contribution in [3.05, 3.63) is 35.6 Å². The smallest absolute Gasteiger partial charge is 0.0295 e. The summed E-state index contributed by atoms with van der Waals surface area (Å²) in [5.41, 5.74) is 0. The van der Waals surface area contributed by atoms with Crippen LogP contribution in [0.1, 0.15) is 6.92 Å². The molecular formula is C8H12OS. The fourth-order valence-corrected chi connectivity index (χ4v) is 1.43. The number of allylic oxidation sites excluding steroid dienone is 2. The molecule has 0 saturated carbocycles. The van der Waals surface area contributed by atoms with Gasteiger partial charge in [0, 0.05) is 14.4 Å².